The molecule has 0 bridgehead atoms. The highest BCUT2D eigenvalue weighted by Crippen LogP contribution is 2.26. The number of alkyl halides is 3. The standard InChI is InChI=1S/C18H22F3N5O/c1-12-6-8-14(9-7-12)22-15-23-16(26-10-4-3-5-11-26)25-17(24-15)27-13(2)18(19,20)21/h6-9,13H,3-5,10-11H2,1-2H3,(H,22,23,24,25). The summed E-state index contributed by atoms with van der Waals surface area (Å²) in [5, 5.41) is 3.01. The molecule has 1 N–H and O–H groups in total. The van der Waals surface area contributed by atoms with Crippen LogP contribution in [0.1, 0.15) is 31.7 Å². The third-order valence-electron chi connectivity index (χ3n) is 4.29. The Labute approximate surface area is 155 Å². The molecule has 1 aromatic carbocycles. The Kier molecular flexibility index (Phi) is 5.67. The zero-order chi connectivity index (χ0) is 19.4. The highest BCUT2D eigenvalue weighted by Gasteiger charge is 2.39. The van der Waals surface area contributed by atoms with Crippen molar-refractivity contribution in [3.8, 4) is 6.01 Å². The van der Waals surface area contributed by atoms with Gasteiger partial charge >= 0.3 is 12.2 Å². The molecule has 0 saturated carbocycles. The Bertz CT molecular complexity index is 761. The van der Waals surface area contributed by atoms with E-state index >= 15 is 0 Å². The second-order valence-electron chi connectivity index (χ2n) is 6.58. The normalized spacial score (nSPS) is 16.1. The van der Waals surface area contributed by atoms with Crippen molar-refractivity contribution >= 4 is 17.6 Å². The molecule has 27 heavy (non-hydrogen) atoms. The van der Waals surface area contributed by atoms with E-state index in [0.29, 0.717) is 5.95 Å². The van der Waals surface area contributed by atoms with Crippen molar-refractivity contribution in [1.82, 2.24) is 15.0 Å². The van der Waals surface area contributed by atoms with Gasteiger partial charge in [-0.2, -0.15) is 28.1 Å². The number of benzene rings is 1. The first-order valence-corrected chi connectivity index (χ1v) is 8.89. The monoisotopic (exact) mass is 381 g/mol. The Morgan fingerprint density at radius 3 is 2.33 bits per heavy atom. The number of hydrogen-bond donors (Lipinski definition) is 1. The number of halogens is 3. The summed E-state index contributed by atoms with van der Waals surface area (Å²) < 4.78 is 43.5. The molecule has 0 aliphatic carbocycles. The average Bonchev–Trinajstić information content (AvgIpc) is 2.63. The molecule has 1 aliphatic heterocycles. The number of aryl methyl sites for hydroxylation is 1. The Morgan fingerprint density at radius 2 is 1.70 bits per heavy atom. The summed E-state index contributed by atoms with van der Waals surface area (Å²) in [6.45, 7) is 4.40. The summed E-state index contributed by atoms with van der Waals surface area (Å²) >= 11 is 0. The average molecular weight is 381 g/mol. The highest BCUT2D eigenvalue weighted by atomic mass is 19.4. The predicted octanol–water partition coefficient (Wildman–Crippen LogP) is 4.24. The van der Waals surface area contributed by atoms with Crippen LogP contribution in [0.4, 0.5) is 30.8 Å². The van der Waals surface area contributed by atoms with E-state index < -0.39 is 12.3 Å². The molecule has 0 spiro atoms. The summed E-state index contributed by atoms with van der Waals surface area (Å²) in [7, 11) is 0. The van der Waals surface area contributed by atoms with Crippen LogP contribution in [0.15, 0.2) is 24.3 Å². The van der Waals surface area contributed by atoms with E-state index in [1.165, 1.54) is 0 Å². The van der Waals surface area contributed by atoms with E-state index in [4.69, 9.17) is 4.74 Å². The molecule has 0 amide bonds. The second-order valence-corrected chi connectivity index (χ2v) is 6.58. The van der Waals surface area contributed by atoms with Gasteiger partial charge in [0.2, 0.25) is 11.9 Å². The lowest BCUT2D eigenvalue weighted by molar-refractivity contribution is -0.190. The zero-order valence-electron chi connectivity index (χ0n) is 15.3. The first-order valence-electron chi connectivity index (χ1n) is 8.89. The molecule has 1 fully saturated rings. The summed E-state index contributed by atoms with van der Waals surface area (Å²) in [4.78, 5) is 14.4. The van der Waals surface area contributed by atoms with Crippen LogP contribution in [0.2, 0.25) is 0 Å². The number of hydrogen-bond acceptors (Lipinski definition) is 6. The van der Waals surface area contributed by atoms with Crippen LogP contribution >= 0.6 is 0 Å². The van der Waals surface area contributed by atoms with Gasteiger partial charge < -0.3 is 15.0 Å². The maximum Gasteiger partial charge on any atom is 0.425 e. The van der Waals surface area contributed by atoms with Crippen LogP contribution in [-0.2, 0) is 0 Å². The number of nitrogens with one attached hydrogen (secondary N) is 1. The fourth-order valence-corrected chi connectivity index (χ4v) is 2.68. The van der Waals surface area contributed by atoms with E-state index in [9.17, 15) is 13.2 Å². The van der Waals surface area contributed by atoms with E-state index in [1.807, 2.05) is 36.1 Å². The molecule has 1 unspecified atom stereocenters. The van der Waals surface area contributed by atoms with E-state index in [0.717, 1.165) is 50.5 Å². The van der Waals surface area contributed by atoms with Gasteiger partial charge in [-0.05, 0) is 45.2 Å². The number of piperidine rings is 1. The third-order valence-corrected chi connectivity index (χ3v) is 4.29. The summed E-state index contributed by atoms with van der Waals surface area (Å²) in [6.07, 6.45) is -3.42. The van der Waals surface area contributed by atoms with Crippen molar-refractivity contribution in [3.63, 3.8) is 0 Å². The van der Waals surface area contributed by atoms with Crippen molar-refractivity contribution in [2.75, 3.05) is 23.3 Å². The largest absolute Gasteiger partial charge is 0.451 e. The number of rotatable bonds is 5. The van der Waals surface area contributed by atoms with E-state index in [1.54, 1.807) is 0 Å². The van der Waals surface area contributed by atoms with Crippen LogP contribution in [-0.4, -0.2) is 40.3 Å². The molecule has 9 heteroatoms. The highest BCUT2D eigenvalue weighted by molar-refractivity contribution is 5.55. The number of ether oxygens (including phenoxy) is 1. The van der Waals surface area contributed by atoms with Crippen LogP contribution in [0.5, 0.6) is 6.01 Å². The first-order chi connectivity index (χ1) is 12.8. The van der Waals surface area contributed by atoms with E-state index in [-0.39, 0.29) is 12.0 Å². The van der Waals surface area contributed by atoms with Gasteiger partial charge in [-0.3, -0.25) is 0 Å². The molecular formula is C18H22F3N5O. The van der Waals surface area contributed by atoms with Gasteiger partial charge in [0.1, 0.15) is 0 Å². The Morgan fingerprint density at radius 1 is 1.04 bits per heavy atom. The van der Waals surface area contributed by atoms with Gasteiger partial charge in [0, 0.05) is 18.8 Å². The maximum atomic E-state index is 12.9. The lowest BCUT2D eigenvalue weighted by atomic mass is 10.1. The van der Waals surface area contributed by atoms with Crippen LogP contribution < -0.4 is 15.0 Å². The number of nitrogens with zero attached hydrogens (tertiary/aromatic N) is 4. The molecule has 3 rings (SSSR count). The smallest absolute Gasteiger partial charge is 0.425 e. The minimum atomic E-state index is -4.50. The fourth-order valence-electron chi connectivity index (χ4n) is 2.68. The SMILES string of the molecule is Cc1ccc(Nc2nc(OC(C)C(F)(F)F)nc(N3CCCCC3)n2)cc1. The predicted molar refractivity (Wildman–Crippen MR) is 96.5 cm³/mol. The molecule has 1 saturated heterocycles. The van der Waals surface area contributed by atoms with Gasteiger partial charge in [0.25, 0.3) is 0 Å². The molecule has 2 heterocycles. The lowest BCUT2D eigenvalue weighted by Gasteiger charge is -2.27. The van der Waals surface area contributed by atoms with Crippen molar-refractivity contribution in [1.29, 1.82) is 0 Å². The molecule has 6 nitrogen and oxygen atoms in total. The fraction of sp³-hybridized carbons (Fsp3) is 0.500. The van der Waals surface area contributed by atoms with Gasteiger partial charge in [0.15, 0.2) is 6.10 Å². The second kappa shape index (κ2) is 7.98. The van der Waals surface area contributed by atoms with Crippen LogP contribution in [0.25, 0.3) is 0 Å². The minimum Gasteiger partial charge on any atom is -0.451 e. The quantitative estimate of drug-likeness (QED) is 0.836. The third kappa shape index (κ3) is 5.21. The van der Waals surface area contributed by atoms with Crippen molar-refractivity contribution < 1.29 is 17.9 Å². The lowest BCUT2D eigenvalue weighted by Crippen LogP contribution is -2.33. The summed E-state index contributed by atoms with van der Waals surface area (Å²) in [6, 6.07) is 7.18. The topological polar surface area (TPSA) is 63.2 Å². The molecule has 1 atom stereocenters. The summed E-state index contributed by atoms with van der Waals surface area (Å²) in [5.41, 5.74) is 1.82. The van der Waals surface area contributed by atoms with Gasteiger partial charge in [-0.15, -0.1) is 0 Å². The van der Waals surface area contributed by atoms with Gasteiger partial charge in [-0.25, -0.2) is 0 Å². The van der Waals surface area contributed by atoms with E-state index in [2.05, 4.69) is 20.3 Å². The minimum absolute atomic E-state index is 0.152. The first kappa shape index (κ1) is 19.2. The van der Waals surface area contributed by atoms with Crippen molar-refractivity contribution in [3.05, 3.63) is 29.8 Å². The number of anilines is 3. The van der Waals surface area contributed by atoms with Gasteiger partial charge in [0.05, 0.1) is 0 Å². The van der Waals surface area contributed by atoms with Crippen LogP contribution in [0, 0.1) is 6.92 Å². The zero-order valence-corrected chi connectivity index (χ0v) is 15.3. The molecule has 1 aromatic heterocycles. The molecule has 0 radical (unpaired) electrons. The Balaban J connectivity index is 1.88. The molecular weight excluding hydrogens is 359 g/mol. The number of aromatic nitrogens is 3. The van der Waals surface area contributed by atoms with Crippen molar-refractivity contribution in [2.24, 2.45) is 0 Å². The molecule has 146 valence electrons. The molecule has 2 aromatic rings. The maximum absolute atomic E-state index is 12.9. The van der Waals surface area contributed by atoms with Gasteiger partial charge in [-0.1, -0.05) is 17.7 Å². The summed E-state index contributed by atoms with van der Waals surface area (Å²) in [5.74, 6) is 0.475. The Hall–Kier alpha value is -2.58. The van der Waals surface area contributed by atoms with Crippen molar-refractivity contribution in [2.45, 2.75) is 45.4 Å². The molecule has 1 aliphatic rings. The van der Waals surface area contributed by atoms with Crippen LogP contribution in [0.3, 0.4) is 0 Å².